The largest absolute Gasteiger partial charge is 0.373 e. The average Bonchev–Trinajstić information content (AvgIpc) is 2.49. The van der Waals surface area contributed by atoms with Crippen LogP contribution in [0.15, 0.2) is 41.4 Å². The van der Waals surface area contributed by atoms with E-state index in [4.69, 9.17) is 16.9 Å². The van der Waals surface area contributed by atoms with Gasteiger partial charge < -0.3 is 5.32 Å². The summed E-state index contributed by atoms with van der Waals surface area (Å²) in [4.78, 5) is 3.99. The third kappa shape index (κ3) is 3.42. The van der Waals surface area contributed by atoms with Crippen LogP contribution in [0.1, 0.15) is 5.56 Å². The Hall–Kier alpha value is -2.30. The standard InChI is InChI=1S/C13H11ClN4O2S/c1-16-13-7-10(4-5-17-13)21(19,20)18-12-6-9(8-15)2-3-11(12)14/h2-7,18H,1H3,(H,16,17). The monoisotopic (exact) mass is 322 g/mol. The first-order valence-electron chi connectivity index (χ1n) is 5.82. The van der Waals surface area contributed by atoms with Crippen molar-refractivity contribution in [3.8, 4) is 6.07 Å². The molecule has 8 heteroatoms. The van der Waals surface area contributed by atoms with E-state index in [1.54, 1.807) is 7.05 Å². The summed E-state index contributed by atoms with van der Waals surface area (Å²) >= 11 is 5.94. The molecule has 0 radical (unpaired) electrons. The first-order chi connectivity index (χ1) is 9.96. The molecule has 21 heavy (non-hydrogen) atoms. The van der Waals surface area contributed by atoms with Gasteiger partial charge in [-0.2, -0.15) is 5.26 Å². The summed E-state index contributed by atoms with van der Waals surface area (Å²) in [6.07, 6.45) is 1.38. The zero-order valence-corrected chi connectivity index (χ0v) is 12.5. The summed E-state index contributed by atoms with van der Waals surface area (Å²) < 4.78 is 27.0. The number of hydrogen-bond donors (Lipinski definition) is 2. The van der Waals surface area contributed by atoms with Gasteiger partial charge >= 0.3 is 0 Å². The summed E-state index contributed by atoms with van der Waals surface area (Å²) in [5, 5.41) is 11.8. The van der Waals surface area contributed by atoms with Crippen molar-refractivity contribution in [3.05, 3.63) is 47.1 Å². The summed E-state index contributed by atoms with van der Waals surface area (Å²) in [7, 11) is -2.18. The third-order valence-corrected chi connectivity index (χ3v) is 4.33. The topological polar surface area (TPSA) is 94.9 Å². The Morgan fingerprint density at radius 3 is 2.71 bits per heavy atom. The van der Waals surface area contributed by atoms with Gasteiger partial charge in [-0.05, 0) is 24.3 Å². The number of aromatic nitrogens is 1. The number of nitrogens with zero attached hydrogens (tertiary/aromatic N) is 2. The molecule has 0 aliphatic heterocycles. The van der Waals surface area contributed by atoms with E-state index < -0.39 is 10.0 Å². The van der Waals surface area contributed by atoms with Gasteiger partial charge in [-0.1, -0.05) is 11.6 Å². The second kappa shape index (κ2) is 5.99. The Morgan fingerprint density at radius 2 is 2.05 bits per heavy atom. The molecular formula is C13H11ClN4O2S. The maximum Gasteiger partial charge on any atom is 0.262 e. The first-order valence-corrected chi connectivity index (χ1v) is 7.68. The molecule has 0 fully saturated rings. The fourth-order valence-electron chi connectivity index (χ4n) is 1.59. The summed E-state index contributed by atoms with van der Waals surface area (Å²) in [6, 6.07) is 9.03. The number of anilines is 2. The zero-order chi connectivity index (χ0) is 15.5. The van der Waals surface area contributed by atoms with Crippen LogP contribution in [0.2, 0.25) is 5.02 Å². The smallest absolute Gasteiger partial charge is 0.262 e. The highest BCUT2D eigenvalue weighted by atomic mass is 35.5. The highest BCUT2D eigenvalue weighted by Crippen LogP contribution is 2.26. The van der Waals surface area contributed by atoms with Gasteiger partial charge in [0, 0.05) is 19.3 Å². The number of benzene rings is 1. The van der Waals surface area contributed by atoms with Crippen molar-refractivity contribution in [1.29, 1.82) is 5.26 Å². The number of pyridine rings is 1. The normalized spacial score (nSPS) is 10.7. The van der Waals surface area contributed by atoms with Crippen LogP contribution < -0.4 is 10.0 Å². The van der Waals surface area contributed by atoms with Crippen LogP contribution in [0.25, 0.3) is 0 Å². The maximum atomic E-state index is 12.3. The third-order valence-electron chi connectivity index (χ3n) is 2.64. The lowest BCUT2D eigenvalue weighted by atomic mass is 10.2. The predicted molar refractivity (Wildman–Crippen MR) is 80.8 cm³/mol. The van der Waals surface area contributed by atoms with Crippen LogP contribution in [0.4, 0.5) is 11.5 Å². The SMILES string of the molecule is CNc1cc(S(=O)(=O)Nc2cc(C#N)ccc2Cl)ccn1. The molecule has 0 saturated carbocycles. The van der Waals surface area contributed by atoms with E-state index >= 15 is 0 Å². The molecule has 2 N–H and O–H groups in total. The molecule has 0 atom stereocenters. The number of hydrogen-bond acceptors (Lipinski definition) is 5. The Balaban J connectivity index is 2.40. The van der Waals surface area contributed by atoms with Crippen LogP contribution in [0.3, 0.4) is 0 Å². The maximum absolute atomic E-state index is 12.3. The fraction of sp³-hybridized carbons (Fsp3) is 0.0769. The molecule has 0 spiro atoms. The predicted octanol–water partition coefficient (Wildman–Crippen LogP) is 2.45. The molecule has 0 saturated heterocycles. The second-order valence-corrected chi connectivity index (χ2v) is 6.13. The molecule has 108 valence electrons. The lowest BCUT2D eigenvalue weighted by molar-refractivity contribution is 0.601. The molecule has 1 aromatic heterocycles. The van der Waals surface area contributed by atoms with Crippen LogP contribution in [0.5, 0.6) is 0 Å². The molecule has 6 nitrogen and oxygen atoms in total. The van der Waals surface area contributed by atoms with E-state index in [0.717, 1.165) is 0 Å². The van der Waals surface area contributed by atoms with Crippen LogP contribution >= 0.6 is 11.6 Å². The summed E-state index contributed by atoms with van der Waals surface area (Å²) in [5.74, 6) is 0.426. The Bertz CT molecular complexity index is 815. The number of nitriles is 1. The van der Waals surface area contributed by atoms with Gasteiger partial charge in [0.05, 0.1) is 27.2 Å². The van der Waals surface area contributed by atoms with Crippen molar-refractivity contribution >= 4 is 33.1 Å². The van der Waals surface area contributed by atoms with Crippen molar-refractivity contribution in [3.63, 3.8) is 0 Å². The van der Waals surface area contributed by atoms with Crippen molar-refractivity contribution in [2.75, 3.05) is 17.1 Å². The van der Waals surface area contributed by atoms with Gasteiger partial charge in [0.2, 0.25) is 0 Å². The fourth-order valence-corrected chi connectivity index (χ4v) is 2.90. The van der Waals surface area contributed by atoms with Gasteiger partial charge in [-0.25, -0.2) is 13.4 Å². The number of nitrogens with one attached hydrogen (secondary N) is 2. The minimum atomic E-state index is -3.82. The molecule has 0 aliphatic rings. The first kappa shape index (κ1) is 15.1. The van der Waals surface area contributed by atoms with E-state index in [-0.39, 0.29) is 15.6 Å². The van der Waals surface area contributed by atoms with Gasteiger partial charge in [-0.15, -0.1) is 0 Å². The summed E-state index contributed by atoms with van der Waals surface area (Å²) in [5.41, 5.74) is 0.460. The molecule has 2 rings (SSSR count). The van der Waals surface area contributed by atoms with Crippen molar-refractivity contribution in [2.45, 2.75) is 4.90 Å². The van der Waals surface area contributed by atoms with Gasteiger partial charge in [0.25, 0.3) is 10.0 Å². The Kier molecular flexibility index (Phi) is 4.31. The molecule has 0 unspecified atom stereocenters. The van der Waals surface area contributed by atoms with Gasteiger partial charge in [0.1, 0.15) is 5.82 Å². The molecular weight excluding hydrogens is 312 g/mol. The van der Waals surface area contributed by atoms with Gasteiger partial charge in [0.15, 0.2) is 0 Å². The van der Waals surface area contributed by atoms with E-state index in [0.29, 0.717) is 11.4 Å². The summed E-state index contributed by atoms with van der Waals surface area (Å²) in [6.45, 7) is 0. The van der Waals surface area contributed by atoms with E-state index in [1.807, 2.05) is 6.07 Å². The highest BCUT2D eigenvalue weighted by Gasteiger charge is 2.16. The number of rotatable bonds is 4. The van der Waals surface area contributed by atoms with Gasteiger partial charge in [-0.3, -0.25) is 4.72 Å². The molecule has 2 aromatic rings. The second-order valence-electron chi connectivity index (χ2n) is 4.04. The minimum Gasteiger partial charge on any atom is -0.373 e. The number of sulfonamides is 1. The van der Waals surface area contributed by atoms with Crippen molar-refractivity contribution < 1.29 is 8.42 Å². The molecule has 0 bridgehead atoms. The zero-order valence-electron chi connectivity index (χ0n) is 11.0. The van der Waals surface area contributed by atoms with E-state index in [1.165, 1.54) is 36.5 Å². The van der Waals surface area contributed by atoms with Crippen LogP contribution in [-0.4, -0.2) is 20.4 Å². The highest BCUT2D eigenvalue weighted by molar-refractivity contribution is 7.92. The Labute approximate surface area is 127 Å². The Morgan fingerprint density at radius 1 is 1.29 bits per heavy atom. The van der Waals surface area contributed by atoms with Crippen molar-refractivity contribution in [2.24, 2.45) is 0 Å². The lowest BCUT2D eigenvalue weighted by Gasteiger charge is -2.10. The minimum absolute atomic E-state index is 0.0419. The molecule has 1 aromatic carbocycles. The van der Waals surface area contributed by atoms with Crippen molar-refractivity contribution in [1.82, 2.24) is 4.98 Å². The molecule has 0 aliphatic carbocycles. The molecule has 1 heterocycles. The van der Waals surface area contributed by atoms with E-state index in [2.05, 4.69) is 15.0 Å². The quantitative estimate of drug-likeness (QED) is 0.901. The molecule has 0 amide bonds. The van der Waals surface area contributed by atoms with Crippen LogP contribution in [-0.2, 0) is 10.0 Å². The van der Waals surface area contributed by atoms with E-state index in [9.17, 15) is 8.42 Å². The lowest BCUT2D eigenvalue weighted by Crippen LogP contribution is -2.14. The van der Waals surface area contributed by atoms with Crippen LogP contribution in [0, 0.1) is 11.3 Å². The number of halogens is 1. The average molecular weight is 323 g/mol.